The number of hydrogen-bond acceptors (Lipinski definition) is 5. The van der Waals surface area contributed by atoms with Gasteiger partial charge in [-0.25, -0.2) is 9.50 Å². The maximum atomic E-state index is 13.1. The molecule has 4 heterocycles. The van der Waals surface area contributed by atoms with Crippen LogP contribution in [-0.4, -0.2) is 59.4 Å². The van der Waals surface area contributed by atoms with Gasteiger partial charge in [0.1, 0.15) is 6.54 Å². The second kappa shape index (κ2) is 6.82. The van der Waals surface area contributed by atoms with Gasteiger partial charge in [-0.15, -0.1) is 0 Å². The number of hydrogen-bond donors (Lipinski definition) is 1. The summed E-state index contributed by atoms with van der Waals surface area (Å²) in [5, 5.41) is 17.4. The first-order valence-electron chi connectivity index (χ1n) is 8.86. The molecule has 1 unspecified atom stereocenters. The average Bonchev–Trinajstić information content (AvgIpc) is 3.31. The number of nitrogens with zero attached hydrogens (tertiary/aromatic N) is 6. The number of carbonyl (C=O) groups excluding carboxylic acids is 1. The predicted molar refractivity (Wildman–Crippen MR) is 95.5 cm³/mol. The molecular formula is C18H20N6O3. The fourth-order valence-electron chi connectivity index (χ4n) is 3.72. The number of aliphatic carboxylic acids is 1. The summed E-state index contributed by atoms with van der Waals surface area (Å²) in [5.41, 5.74) is 2.85. The molecule has 1 saturated heterocycles. The van der Waals surface area contributed by atoms with Crippen LogP contribution in [0, 0.1) is 6.92 Å². The molecular weight excluding hydrogens is 348 g/mol. The summed E-state index contributed by atoms with van der Waals surface area (Å²) >= 11 is 0. The topological polar surface area (TPSA) is 106 Å². The second-order valence-corrected chi connectivity index (χ2v) is 6.76. The lowest BCUT2D eigenvalue weighted by atomic mass is 9.94. The Morgan fingerprint density at radius 2 is 2.07 bits per heavy atom. The van der Waals surface area contributed by atoms with E-state index < -0.39 is 5.97 Å². The Kier molecular flexibility index (Phi) is 4.35. The van der Waals surface area contributed by atoms with Gasteiger partial charge in [-0.1, -0.05) is 0 Å². The number of amides is 1. The van der Waals surface area contributed by atoms with E-state index in [-0.39, 0.29) is 18.4 Å². The second-order valence-electron chi connectivity index (χ2n) is 6.76. The predicted octanol–water partition coefficient (Wildman–Crippen LogP) is 1.34. The van der Waals surface area contributed by atoms with Crippen molar-refractivity contribution in [2.24, 2.45) is 0 Å². The average molecular weight is 368 g/mol. The van der Waals surface area contributed by atoms with Crippen LogP contribution >= 0.6 is 0 Å². The summed E-state index contributed by atoms with van der Waals surface area (Å²) in [5.74, 6) is -0.949. The van der Waals surface area contributed by atoms with Crippen molar-refractivity contribution in [2.75, 3.05) is 13.1 Å². The summed E-state index contributed by atoms with van der Waals surface area (Å²) in [4.78, 5) is 30.3. The van der Waals surface area contributed by atoms with Gasteiger partial charge in [-0.05, 0) is 25.8 Å². The quantitative estimate of drug-likeness (QED) is 0.745. The first kappa shape index (κ1) is 17.2. The van der Waals surface area contributed by atoms with Crippen molar-refractivity contribution in [3.63, 3.8) is 0 Å². The van der Waals surface area contributed by atoms with E-state index in [0.717, 1.165) is 24.2 Å². The van der Waals surface area contributed by atoms with Crippen LogP contribution in [0.3, 0.4) is 0 Å². The van der Waals surface area contributed by atoms with Gasteiger partial charge >= 0.3 is 5.97 Å². The largest absolute Gasteiger partial charge is 0.480 e. The number of likely N-dealkylation sites (tertiary alicyclic amines) is 1. The fourth-order valence-corrected chi connectivity index (χ4v) is 3.72. The molecule has 1 N–H and O–H groups in total. The maximum absolute atomic E-state index is 13.1. The van der Waals surface area contributed by atoms with Crippen LogP contribution in [0.25, 0.3) is 5.65 Å². The lowest BCUT2D eigenvalue weighted by Gasteiger charge is -2.33. The number of rotatable bonds is 4. The lowest BCUT2D eigenvalue weighted by Crippen LogP contribution is -2.40. The van der Waals surface area contributed by atoms with Gasteiger partial charge in [0, 0.05) is 43.2 Å². The monoisotopic (exact) mass is 368 g/mol. The molecule has 0 spiro atoms. The van der Waals surface area contributed by atoms with Crippen LogP contribution < -0.4 is 0 Å². The first-order chi connectivity index (χ1) is 13.0. The summed E-state index contributed by atoms with van der Waals surface area (Å²) in [6, 6.07) is 3.63. The van der Waals surface area contributed by atoms with Crippen LogP contribution in [0.4, 0.5) is 0 Å². The molecule has 9 heteroatoms. The van der Waals surface area contributed by atoms with Crippen molar-refractivity contribution in [1.29, 1.82) is 0 Å². The molecule has 0 radical (unpaired) electrons. The van der Waals surface area contributed by atoms with Crippen molar-refractivity contribution in [3.8, 4) is 0 Å². The summed E-state index contributed by atoms with van der Waals surface area (Å²) in [7, 11) is 0. The fraction of sp³-hybridized carbons (Fsp3) is 0.389. The van der Waals surface area contributed by atoms with Gasteiger partial charge in [0.25, 0.3) is 5.91 Å². The van der Waals surface area contributed by atoms with E-state index in [1.165, 1.54) is 4.68 Å². The zero-order valence-corrected chi connectivity index (χ0v) is 14.9. The standard InChI is InChI=1S/C18H20N6O3/c1-12-14(9-19-16-5-7-21-24(12)16)18(27)22-8-2-3-13(10-22)15-4-6-20-23(15)11-17(25)26/h4-7,9,13H,2-3,8,10-11H2,1H3,(H,25,26). The third-order valence-electron chi connectivity index (χ3n) is 5.05. The van der Waals surface area contributed by atoms with Crippen molar-refractivity contribution in [2.45, 2.75) is 32.2 Å². The Morgan fingerprint density at radius 3 is 2.89 bits per heavy atom. The Balaban J connectivity index is 1.57. The highest BCUT2D eigenvalue weighted by molar-refractivity contribution is 5.95. The molecule has 0 aromatic carbocycles. The number of piperidine rings is 1. The third kappa shape index (κ3) is 3.16. The number of carboxylic acids is 1. The molecule has 0 aliphatic carbocycles. The van der Waals surface area contributed by atoms with Crippen molar-refractivity contribution in [1.82, 2.24) is 29.3 Å². The maximum Gasteiger partial charge on any atom is 0.325 e. The van der Waals surface area contributed by atoms with Gasteiger partial charge in [0.05, 0.1) is 17.5 Å². The zero-order chi connectivity index (χ0) is 19.0. The molecule has 3 aromatic heterocycles. The minimum atomic E-state index is -0.932. The number of aryl methyl sites for hydroxylation is 1. The molecule has 140 valence electrons. The minimum Gasteiger partial charge on any atom is -0.480 e. The summed E-state index contributed by atoms with van der Waals surface area (Å²) in [6.07, 6.45) is 6.62. The van der Waals surface area contributed by atoms with E-state index in [4.69, 9.17) is 5.11 Å². The Hall–Kier alpha value is -3.23. The van der Waals surface area contributed by atoms with E-state index in [9.17, 15) is 9.59 Å². The number of carboxylic acid groups (broad SMARTS) is 1. The summed E-state index contributed by atoms with van der Waals surface area (Å²) < 4.78 is 3.17. The lowest BCUT2D eigenvalue weighted by molar-refractivity contribution is -0.137. The highest BCUT2D eigenvalue weighted by Crippen LogP contribution is 2.28. The molecule has 1 aliphatic heterocycles. The SMILES string of the molecule is Cc1c(C(=O)N2CCCC(c3ccnn3CC(=O)O)C2)cnc2ccnn12. The molecule has 1 aliphatic rings. The zero-order valence-electron chi connectivity index (χ0n) is 14.9. The van der Waals surface area contributed by atoms with Gasteiger partial charge in [-0.2, -0.15) is 10.2 Å². The van der Waals surface area contributed by atoms with Crippen LogP contribution in [0.1, 0.15) is 40.5 Å². The van der Waals surface area contributed by atoms with E-state index in [1.54, 1.807) is 29.2 Å². The number of fused-ring (bicyclic) bond motifs is 1. The highest BCUT2D eigenvalue weighted by Gasteiger charge is 2.29. The number of carbonyl (C=O) groups is 2. The van der Waals surface area contributed by atoms with E-state index >= 15 is 0 Å². The molecule has 1 fully saturated rings. The minimum absolute atomic E-state index is 0.0613. The van der Waals surface area contributed by atoms with Crippen LogP contribution in [0.2, 0.25) is 0 Å². The van der Waals surface area contributed by atoms with Gasteiger partial charge in [-0.3, -0.25) is 14.3 Å². The molecule has 1 amide bonds. The van der Waals surface area contributed by atoms with Crippen LogP contribution in [0.5, 0.6) is 0 Å². The molecule has 0 saturated carbocycles. The van der Waals surface area contributed by atoms with Gasteiger partial charge in [0.15, 0.2) is 5.65 Å². The van der Waals surface area contributed by atoms with Crippen LogP contribution in [0.15, 0.2) is 30.7 Å². The Bertz CT molecular complexity index is 1010. The third-order valence-corrected chi connectivity index (χ3v) is 5.05. The molecule has 4 rings (SSSR count). The molecule has 0 bridgehead atoms. The Morgan fingerprint density at radius 1 is 1.26 bits per heavy atom. The molecule has 3 aromatic rings. The first-order valence-corrected chi connectivity index (χ1v) is 8.86. The normalized spacial score (nSPS) is 17.4. The Labute approximate surface area is 155 Å². The smallest absolute Gasteiger partial charge is 0.325 e. The molecule has 9 nitrogen and oxygen atoms in total. The van der Waals surface area contributed by atoms with E-state index in [2.05, 4.69) is 15.2 Å². The van der Waals surface area contributed by atoms with Crippen LogP contribution in [-0.2, 0) is 11.3 Å². The molecule has 1 atom stereocenters. The van der Waals surface area contributed by atoms with Crippen molar-refractivity contribution < 1.29 is 14.7 Å². The van der Waals surface area contributed by atoms with E-state index in [0.29, 0.717) is 24.3 Å². The molecule has 27 heavy (non-hydrogen) atoms. The van der Waals surface area contributed by atoms with Crippen molar-refractivity contribution >= 4 is 17.5 Å². The van der Waals surface area contributed by atoms with Gasteiger partial charge in [0.2, 0.25) is 0 Å². The highest BCUT2D eigenvalue weighted by atomic mass is 16.4. The van der Waals surface area contributed by atoms with Crippen molar-refractivity contribution in [3.05, 3.63) is 47.7 Å². The van der Waals surface area contributed by atoms with E-state index in [1.807, 2.05) is 17.9 Å². The number of aromatic nitrogens is 5. The van der Waals surface area contributed by atoms with Gasteiger partial charge < -0.3 is 10.0 Å². The summed E-state index contributed by atoms with van der Waals surface area (Å²) in [6.45, 7) is 2.88.